The van der Waals surface area contributed by atoms with E-state index in [0.29, 0.717) is 6.10 Å². The maximum absolute atomic E-state index is 5.51. The second-order valence-corrected chi connectivity index (χ2v) is 4.04. The number of quaternary nitrogens is 1. The first-order chi connectivity index (χ1) is 5.08. The van der Waals surface area contributed by atoms with E-state index in [9.17, 15) is 0 Å². The number of likely N-dealkylation sites (N-methyl/N-ethyl adjacent to an activating group) is 1. The molecule has 1 fully saturated rings. The van der Waals surface area contributed by atoms with Gasteiger partial charge in [-0.05, 0) is 0 Å². The molecule has 0 bridgehead atoms. The Morgan fingerprint density at radius 1 is 1.25 bits per heavy atom. The fraction of sp³-hybridized carbons (Fsp3) is 1.00. The van der Waals surface area contributed by atoms with Crippen LogP contribution in [-0.4, -0.2) is 58.1 Å². The standard InChI is InChI=1S/C8H18NO2.HI/c1-9(2,3)6-8-7-10-4-5-11-8;/h8H,4-7H2,1-3H3;1H/q+1;/p-1/t8-;/m1./s1. The van der Waals surface area contributed by atoms with Gasteiger partial charge in [-0.3, -0.25) is 0 Å². The smallest absolute Gasteiger partial charge is 0.130 e. The van der Waals surface area contributed by atoms with Crippen molar-refractivity contribution in [3.05, 3.63) is 0 Å². The summed E-state index contributed by atoms with van der Waals surface area (Å²) in [6.45, 7) is 3.30. The van der Waals surface area contributed by atoms with Crippen LogP contribution in [0.3, 0.4) is 0 Å². The summed E-state index contributed by atoms with van der Waals surface area (Å²) in [6.07, 6.45) is 0.295. The maximum Gasteiger partial charge on any atom is 0.130 e. The summed E-state index contributed by atoms with van der Waals surface area (Å²) in [6, 6.07) is 0. The minimum atomic E-state index is 0. The summed E-state index contributed by atoms with van der Waals surface area (Å²) in [5.74, 6) is 0. The second kappa shape index (κ2) is 5.36. The Morgan fingerprint density at radius 3 is 2.33 bits per heavy atom. The van der Waals surface area contributed by atoms with Gasteiger partial charge in [0, 0.05) is 0 Å². The Morgan fingerprint density at radius 2 is 1.92 bits per heavy atom. The van der Waals surface area contributed by atoms with Crippen molar-refractivity contribution in [2.75, 3.05) is 47.5 Å². The van der Waals surface area contributed by atoms with Gasteiger partial charge in [0.15, 0.2) is 0 Å². The minimum absolute atomic E-state index is 0. The van der Waals surface area contributed by atoms with E-state index in [-0.39, 0.29) is 24.0 Å². The van der Waals surface area contributed by atoms with E-state index < -0.39 is 0 Å². The number of rotatable bonds is 2. The summed E-state index contributed by atoms with van der Waals surface area (Å²) in [5, 5.41) is 0. The van der Waals surface area contributed by atoms with E-state index in [1.165, 1.54) is 0 Å². The molecule has 0 spiro atoms. The van der Waals surface area contributed by atoms with Crippen molar-refractivity contribution < 1.29 is 37.9 Å². The van der Waals surface area contributed by atoms with Gasteiger partial charge in [-0.1, -0.05) is 0 Å². The highest BCUT2D eigenvalue weighted by Gasteiger charge is 2.21. The van der Waals surface area contributed by atoms with E-state index >= 15 is 0 Å². The molecular formula is C8H18INO2. The van der Waals surface area contributed by atoms with Crippen molar-refractivity contribution in [2.45, 2.75) is 6.10 Å². The fourth-order valence-electron chi connectivity index (χ4n) is 1.25. The molecule has 0 amide bonds. The van der Waals surface area contributed by atoms with E-state index in [4.69, 9.17) is 9.47 Å². The van der Waals surface area contributed by atoms with Crippen molar-refractivity contribution in [1.29, 1.82) is 0 Å². The van der Waals surface area contributed by atoms with Crippen LogP contribution in [0.25, 0.3) is 0 Å². The monoisotopic (exact) mass is 287 g/mol. The van der Waals surface area contributed by atoms with Gasteiger partial charge in [-0.25, -0.2) is 0 Å². The Kier molecular flexibility index (Phi) is 5.64. The molecule has 0 aromatic rings. The molecule has 0 saturated carbocycles. The van der Waals surface area contributed by atoms with Gasteiger partial charge >= 0.3 is 0 Å². The Labute approximate surface area is 91.6 Å². The van der Waals surface area contributed by atoms with Gasteiger partial charge in [-0.15, -0.1) is 0 Å². The third-order valence-corrected chi connectivity index (χ3v) is 1.64. The summed E-state index contributed by atoms with van der Waals surface area (Å²) < 4.78 is 11.7. The van der Waals surface area contributed by atoms with Crippen molar-refractivity contribution in [1.82, 2.24) is 0 Å². The molecule has 0 N–H and O–H groups in total. The Balaban J connectivity index is 0.00000121. The van der Waals surface area contributed by atoms with Gasteiger partial charge in [0.05, 0.1) is 41.0 Å². The molecule has 0 aromatic heterocycles. The SMILES string of the molecule is C[N+](C)(C)C[C@@H]1COCCO1.[I-]. The molecule has 1 saturated heterocycles. The number of nitrogens with zero attached hydrogens (tertiary/aromatic N) is 1. The number of ether oxygens (including phenoxy) is 2. The van der Waals surface area contributed by atoms with E-state index in [0.717, 1.165) is 30.8 Å². The Bertz CT molecular complexity index is 119. The molecule has 1 aliphatic heterocycles. The summed E-state index contributed by atoms with van der Waals surface area (Å²) in [4.78, 5) is 0. The van der Waals surface area contributed by atoms with Crippen LogP contribution in [0, 0.1) is 0 Å². The van der Waals surface area contributed by atoms with Crippen LogP contribution in [0.5, 0.6) is 0 Å². The quantitative estimate of drug-likeness (QED) is 0.401. The molecule has 0 aromatic carbocycles. The van der Waals surface area contributed by atoms with E-state index in [1.54, 1.807) is 0 Å². The first kappa shape index (κ1) is 12.6. The topological polar surface area (TPSA) is 18.5 Å². The lowest BCUT2D eigenvalue weighted by Gasteiger charge is -2.31. The van der Waals surface area contributed by atoms with Crippen LogP contribution in [0.2, 0.25) is 0 Å². The normalized spacial score (nSPS) is 24.8. The minimum Gasteiger partial charge on any atom is -1.00 e. The Hall–Kier alpha value is 0.610. The van der Waals surface area contributed by atoms with E-state index in [2.05, 4.69) is 21.1 Å². The van der Waals surface area contributed by atoms with Crippen LogP contribution in [0.4, 0.5) is 0 Å². The summed E-state index contributed by atoms with van der Waals surface area (Å²) in [5.41, 5.74) is 0. The summed E-state index contributed by atoms with van der Waals surface area (Å²) in [7, 11) is 6.49. The van der Waals surface area contributed by atoms with Gasteiger partial charge < -0.3 is 37.9 Å². The zero-order valence-electron chi connectivity index (χ0n) is 8.05. The number of hydrogen-bond acceptors (Lipinski definition) is 2. The third-order valence-electron chi connectivity index (χ3n) is 1.64. The predicted molar refractivity (Wildman–Crippen MR) is 43.5 cm³/mol. The van der Waals surface area contributed by atoms with Crippen molar-refractivity contribution in [2.24, 2.45) is 0 Å². The molecule has 1 atom stereocenters. The number of halogens is 1. The number of hydrogen-bond donors (Lipinski definition) is 0. The highest BCUT2D eigenvalue weighted by molar-refractivity contribution is 4.58. The summed E-state index contributed by atoms with van der Waals surface area (Å²) >= 11 is 0. The van der Waals surface area contributed by atoms with Crippen LogP contribution in [0.15, 0.2) is 0 Å². The van der Waals surface area contributed by atoms with Gasteiger partial charge in [-0.2, -0.15) is 0 Å². The molecule has 0 aliphatic carbocycles. The molecule has 4 heteroatoms. The van der Waals surface area contributed by atoms with Crippen LogP contribution in [0.1, 0.15) is 0 Å². The van der Waals surface area contributed by atoms with Crippen LogP contribution in [-0.2, 0) is 9.47 Å². The fourth-order valence-corrected chi connectivity index (χ4v) is 1.25. The predicted octanol–water partition coefficient (Wildman–Crippen LogP) is -2.89. The average Bonchev–Trinajstić information content (AvgIpc) is 1.85. The maximum atomic E-state index is 5.51. The first-order valence-electron chi connectivity index (χ1n) is 4.08. The third kappa shape index (κ3) is 5.29. The lowest BCUT2D eigenvalue weighted by molar-refractivity contribution is -0.874. The average molecular weight is 287 g/mol. The van der Waals surface area contributed by atoms with Gasteiger partial charge in [0.2, 0.25) is 0 Å². The van der Waals surface area contributed by atoms with Crippen molar-refractivity contribution >= 4 is 0 Å². The zero-order chi connectivity index (χ0) is 8.32. The first-order valence-corrected chi connectivity index (χ1v) is 4.08. The van der Waals surface area contributed by atoms with E-state index in [1.807, 2.05) is 0 Å². The molecule has 3 nitrogen and oxygen atoms in total. The molecule has 1 aliphatic rings. The molecule has 0 radical (unpaired) electrons. The molecular weight excluding hydrogens is 269 g/mol. The molecule has 0 unspecified atom stereocenters. The molecule has 1 rings (SSSR count). The van der Waals surface area contributed by atoms with Crippen LogP contribution < -0.4 is 24.0 Å². The van der Waals surface area contributed by atoms with Gasteiger partial charge in [0.1, 0.15) is 12.6 Å². The van der Waals surface area contributed by atoms with Crippen LogP contribution >= 0.6 is 0 Å². The molecule has 1 heterocycles. The molecule has 12 heavy (non-hydrogen) atoms. The largest absolute Gasteiger partial charge is 1.00 e. The van der Waals surface area contributed by atoms with Crippen molar-refractivity contribution in [3.8, 4) is 0 Å². The molecule has 74 valence electrons. The zero-order valence-corrected chi connectivity index (χ0v) is 10.2. The highest BCUT2D eigenvalue weighted by Crippen LogP contribution is 2.04. The second-order valence-electron chi connectivity index (χ2n) is 4.04. The lowest BCUT2D eigenvalue weighted by atomic mass is 10.3. The lowest BCUT2D eigenvalue weighted by Crippen LogP contribution is -3.00. The highest BCUT2D eigenvalue weighted by atomic mass is 127. The van der Waals surface area contributed by atoms with Gasteiger partial charge in [0.25, 0.3) is 0 Å². The van der Waals surface area contributed by atoms with Crippen molar-refractivity contribution in [3.63, 3.8) is 0 Å².